The lowest BCUT2D eigenvalue weighted by molar-refractivity contribution is 0.383. The molecule has 2 aromatic rings. The zero-order valence-electron chi connectivity index (χ0n) is 17.2. The molecule has 0 spiro atoms. The van der Waals surface area contributed by atoms with Crippen LogP contribution in [-0.2, 0) is 10.0 Å². The van der Waals surface area contributed by atoms with E-state index in [-0.39, 0.29) is 4.90 Å². The molecule has 1 aliphatic heterocycles. The van der Waals surface area contributed by atoms with Gasteiger partial charge in [-0.3, -0.25) is 0 Å². The van der Waals surface area contributed by atoms with Gasteiger partial charge in [0, 0.05) is 49.0 Å². The predicted molar refractivity (Wildman–Crippen MR) is 120 cm³/mol. The van der Waals surface area contributed by atoms with E-state index in [1.807, 2.05) is 13.0 Å². The van der Waals surface area contributed by atoms with Crippen LogP contribution < -0.4 is 10.2 Å². The number of nitrogens with one attached hydrogen (secondary N) is 1. The molecular weight excluding hydrogens is 422 g/mol. The van der Waals surface area contributed by atoms with E-state index in [4.69, 9.17) is 16.6 Å². The molecule has 162 valence electrons. The highest BCUT2D eigenvalue weighted by Gasteiger charge is 2.29. The van der Waals surface area contributed by atoms with Crippen LogP contribution in [0.25, 0.3) is 0 Å². The number of hydrogen-bond donors (Lipinski definition) is 1. The molecule has 1 saturated carbocycles. The average molecular weight is 450 g/mol. The van der Waals surface area contributed by atoms with E-state index in [1.165, 1.54) is 23.6 Å². The lowest BCUT2D eigenvalue weighted by atomic mass is 9.96. The normalized spacial score (nSPS) is 19.1. The second-order valence-electron chi connectivity index (χ2n) is 8.02. The van der Waals surface area contributed by atoms with Crippen LogP contribution in [0.15, 0.2) is 35.2 Å². The first-order valence-electron chi connectivity index (χ1n) is 10.5. The minimum absolute atomic E-state index is 0.275. The van der Waals surface area contributed by atoms with Gasteiger partial charge in [0.05, 0.1) is 4.90 Å². The maximum absolute atomic E-state index is 12.9. The van der Waals surface area contributed by atoms with Gasteiger partial charge in [-0.2, -0.15) is 9.29 Å². The molecule has 7 nitrogen and oxygen atoms in total. The standard InChI is InChI=1S/C21H28ClN5O2S/c1-16-15-20(25-21(23-16)24-18-5-3-2-4-6-18)26-11-13-27(14-12-26)30(28,29)19-9-7-17(22)8-10-19/h7-10,15,18H,2-6,11-14H2,1H3,(H,23,24,25). The minimum Gasteiger partial charge on any atom is -0.354 e. The zero-order chi connectivity index (χ0) is 21.1. The number of nitrogens with zero attached hydrogens (tertiary/aromatic N) is 4. The van der Waals surface area contributed by atoms with Crippen molar-refractivity contribution in [3.05, 3.63) is 41.0 Å². The van der Waals surface area contributed by atoms with Gasteiger partial charge in [-0.05, 0) is 44.0 Å². The summed E-state index contributed by atoms with van der Waals surface area (Å²) in [5.41, 5.74) is 0.912. The van der Waals surface area contributed by atoms with E-state index in [2.05, 4.69) is 15.2 Å². The summed E-state index contributed by atoms with van der Waals surface area (Å²) in [5, 5.41) is 4.02. The van der Waals surface area contributed by atoms with Crippen molar-refractivity contribution in [2.45, 2.75) is 50.0 Å². The average Bonchev–Trinajstić information content (AvgIpc) is 2.74. The van der Waals surface area contributed by atoms with Gasteiger partial charge in [0.15, 0.2) is 0 Å². The molecule has 4 rings (SSSR count). The number of hydrogen-bond acceptors (Lipinski definition) is 6. The fourth-order valence-electron chi connectivity index (χ4n) is 4.12. The van der Waals surface area contributed by atoms with Crippen LogP contribution >= 0.6 is 11.6 Å². The smallest absolute Gasteiger partial charge is 0.243 e. The Morgan fingerprint density at radius 2 is 1.67 bits per heavy atom. The van der Waals surface area contributed by atoms with Crippen molar-refractivity contribution in [3.63, 3.8) is 0 Å². The number of sulfonamides is 1. The van der Waals surface area contributed by atoms with Crippen molar-refractivity contribution >= 4 is 33.4 Å². The number of piperazine rings is 1. The van der Waals surface area contributed by atoms with Crippen molar-refractivity contribution in [2.75, 3.05) is 36.4 Å². The quantitative estimate of drug-likeness (QED) is 0.749. The van der Waals surface area contributed by atoms with Crippen molar-refractivity contribution in [2.24, 2.45) is 0 Å². The summed E-state index contributed by atoms with van der Waals surface area (Å²) in [6, 6.07) is 8.73. The van der Waals surface area contributed by atoms with E-state index in [0.717, 1.165) is 24.4 Å². The maximum Gasteiger partial charge on any atom is 0.243 e. The molecule has 0 radical (unpaired) electrons. The van der Waals surface area contributed by atoms with Crippen molar-refractivity contribution in [1.82, 2.24) is 14.3 Å². The first-order valence-corrected chi connectivity index (χ1v) is 12.4. The summed E-state index contributed by atoms with van der Waals surface area (Å²) in [4.78, 5) is 11.7. The number of anilines is 2. The van der Waals surface area contributed by atoms with Gasteiger partial charge in [0.1, 0.15) is 5.82 Å². The first-order chi connectivity index (χ1) is 14.4. The van der Waals surface area contributed by atoms with Crippen LogP contribution in [0.5, 0.6) is 0 Å². The van der Waals surface area contributed by atoms with Gasteiger partial charge in [0.25, 0.3) is 0 Å². The van der Waals surface area contributed by atoms with Crippen LogP contribution in [0.2, 0.25) is 5.02 Å². The summed E-state index contributed by atoms with van der Waals surface area (Å²) in [6.07, 6.45) is 6.13. The van der Waals surface area contributed by atoms with Gasteiger partial charge < -0.3 is 10.2 Å². The third-order valence-electron chi connectivity index (χ3n) is 5.79. The number of halogens is 1. The van der Waals surface area contributed by atoms with E-state index in [1.54, 1.807) is 24.3 Å². The Bertz CT molecular complexity index is 969. The van der Waals surface area contributed by atoms with E-state index >= 15 is 0 Å². The topological polar surface area (TPSA) is 78.4 Å². The molecule has 1 aromatic carbocycles. The Labute approximate surface area is 183 Å². The summed E-state index contributed by atoms with van der Waals surface area (Å²) in [6.45, 7) is 3.98. The SMILES string of the molecule is Cc1cc(N2CCN(S(=O)(=O)c3ccc(Cl)cc3)CC2)nc(NC2CCCCC2)n1. The van der Waals surface area contributed by atoms with Gasteiger partial charge >= 0.3 is 0 Å². The fourth-order valence-corrected chi connectivity index (χ4v) is 5.67. The molecule has 2 fully saturated rings. The Balaban J connectivity index is 1.43. The lowest BCUT2D eigenvalue weighted by Gasteiger charge is -2.35. The highest BCUT2D eigenvalue weighted by molar-refractivity contribution is 7.89. The predicted octanol–water partition coefficient (Wildman–Crippen LogP) is 3.69. The van der Waals surface area contributed by atoms with Gasteiger partial charge in [-0.25, -0.2) is 13.4 Å². The van der Waals surface area contributed by atoms with Crippen LogP contribution in [0.1, 0.15) is 37.8 Å². The molecule has 1 aliphatic carbocycles. The highest BCUT2D eigenvalue weighted by atomic mass is 35.5. The van der Waals surface area contributed by atoms with Crippen molar-refractivity contribution in [3.8, 4) is 0 Å². The summed E-state index contributed by atoms with van der Waals surface area (Å²) >= 11 is 5.89. The number of aryl methyl sites for hydroxylation is 1. The Hall–Kier alpha value is -1.90. The van der Waals surface area contributed by atoms with Gasteiger partial charge in [0.2, 0.25) is 16.0 Å². The molecule has 1 aromatic heterocycles. The minimum atomic E-state index is -3.52. The molecule has 2 aliphatic rings. The molecule has 0 bridgehead atoms. The van der Waals surface area contributed by atoms with Crippen molar-refractivity contribution in [1.29, 1.82) is 0 Å². The molecule has 30 heavy (non-hydrogen) atoms. The molecule has 2 heterocycles. The third kappa shape index (κ3) is 4.87. The highest BCUT2D eigenvalue weighted by Crippen LogP contribution is 2.24. The van der Waals surface area contributed by atoms with E-state index < -0.39 is 10.0 Å². The fraction of sp³-hybridized carbons (Fsp3) is 0.524. The monoisotopic (exact) mass is 449 g/mol. The number of rotatable bonds is 5. The molecule has 0 amide bonds. The van der Waals surface area contributed by atoms with E-state index in [0.29, 0.717) is 43.2 Å². The molecule has 1 saturated heterocycles. The lowest BCUT2D eigenvalue weighted by Crippen LogP contribution is -2.49. The van der Waals surface area contributed by atoms with Crippen LogP contribution in [0.4, 0.5) is 11.8 Å². The van der Waals surface area contributed by atoms with Crippen LogP contribution in [-0.4, -0.2) is 54.9 Å². The molecule has 0 atom stereocenters. The second kappa shape index (κ2) is 9.08. The summed E-state index contributed by atoms with van der Waals surface area (Å²) in [7, 11) is -3.52. The Morgan fingerprint density at radius 1 is 1.00 bits per heavy atom. The molecule has 9 heteroatoms. The number of aromatic nitrogens is 2. The summed E-state index contributed by atoms with van der Waals surface area (Å²) < 4.78 is 27.3. The van der Waals surface area contributed by atoms with Crippen LogP contribution in [0.3, 0.4) is 0 Å². The van der Waals surface area contributed by atoms with Crippen LogP contribution in [0, 0.1) is 6.92 Å². The third-order valence-corrected chi connectivity index (χ3v) is 7.96. The second-order valence-corrected chi connectivity index (χ2v) is 10.4. The molecule has 1 N–H and O–H groups in total. The Kier molecular flexibility index (Phi) is 6.46. The molecule has 0 unspecified atom stereocenters. The first kappa shape index (κ1) is 21.3. The molecular formula is C21H28ClN5O2S. The van der Waals surface area contributed by atoms with Gasteiger partial charge in [-0.15, -0.1) is 0 Å². The Morgan fingerprint density at radius 3 is 2.33 bits per heavy atom. The number of benzene rings is 1. The summed E-state index contributed by atoms with van der Waals surface area (Å²) in [5.74, 6) is 1.53. The largest absolute Gasteiger partial charge is 0.354 e. The zero-order valence-corrected chi connectivity index (χ0v) is 18.8. The van der Waals surface area contributed by atoms with Gasteiger partial charge in [-0.1, -0.05) is 30.9 Å². The van der Waals surface area contributed by atoms with E-state index in [9.17, 15) is 8.42 Å². The maximum atomic E-state index is 12.9. The van der Waals surface area contributed by atoms with Crippen molar-refractivity contribution < 1.29 is 8.42 Å².